The normalized spacial score (nSPS) is 13.6. The number of hydrogen-bond acceptors (Lipinski definition) is 5. The Morgan fingerprint density at radius 2 is 1.23 bits per heavy atom. The quantitative estimate of drug-likeness (QED) is 0.180. The van der Waals surface area contributed by atoms with E-state index in [1.54, 1.807) is 12.1 Å². The highest BCUT2D eigenvalue weighted by atomic mass is 16.6. The SMILES string of the molecule is CC1(C)c2ccccc2-c2cc3c(cc21)Oc1ccc(-c2ccccc2C(=N)OC(=N)c2ccccc2)cc1O3. The van der Waals surface area contributed by atoms with Gasteiger partial charge in [-0.25, -0.2) is 0 Å². The van der Waals surface area contributed by atoms with Gasteiger partial charge in [0.05, 0.1) is 0 Å². The van der Waals surface area contributed by atoms with Crippen molar-refractivity contribution in [1.82, 2.24) is 0 Å². The highest BCUT2D eigenvalue weighted by Crippen LogP contribution is 2.55. The molecule has 5 aromatic carbocycles. The van der Waals surface area contributed by atoms with Gasteiger partial charge in [-0.05, 0) is 75.8 Å². The molecule has 0 saturated carbocycles. The number of fused-ring (bicyclic) bond motifs is 5. The molecule has 5 aromatic rings. The Bertz CT molecular complexity index is 1840. The van der Waals surface area contributed by atoms with Gasteiger partial charge in [0.1, 0.15) is 0 Å². The maximum Gasteiger partial charge on any atom is 0.221 e. The van der Waals surface area contributed by atoms with Gasteiger partial charge in [0.15, 0.2) is 23.0 Å². The molecule has 5 heteroatoms. The van der Waals surface area contributed by atoms with Crippen LogP contribution >= 0.6 is 0 Å². The Balaban J connectivity index is 1.21. The molecule has 0 saturated heterocycles. The lowest BCUT2D eigenvalue weighted by Gasteiger charge is -2.25. The number of benzene rings is 5. The van der Waals surface area contributed by atoms with E-state index >= 15 is 0 Å². The molecule has 1 heterocycles. The molecule has 0 unspecified atom stereocenters. The Kier molecular flexibility index (Phi) is 5.35. The fraction of sp³-hybridized carbons (Fsp3) is 0.0857. The van der Waals surface area contributed by atoms with Crippen LogP contribution in [0.3, 0.4) is 0 Å². The summed E-state index contributed by atoms with van der Waals surface area (Å²) >= 11 is 0. The Morgan fingerprint density at radius 3 is 2.05 bits per heavy atom. The van der Waals surface area contributed by atoms with Crippen LogP contribution in [0.5, 0.6) is 23.0 Å². The average molecular weight is 523 g/mol. The zero-order chi connectivity index (χ0) is 27.4. The fourth-order valence-corrected chi connectivity index (χ4v) is 5.68. The molecule has 0 bridgehead atoms. The van der Waals surface area contributed by atoms with Gasteiger partial charge in [-0.15, -0.1) is 0 Å². The van der Waals surface area contributed by atoms with E-state index in [-0.39, 0.29) is 17.2 Å². The van der Waals surface area contributed by atoms with Crippen molar-refractivity contribution >= 4 is 11.8 Å². The van der Waals surface area contributed by atoms with Crippen LogP contribution in [0.2, 0.25) is 0 Å². The maximum atomic E-state index is 8.63. The van der Waals surface area contributed by atoms with E-state index < -0.39 is 0 Å². The molecule has 7 rings (SSSR count). The summed E-state index contributed by atoms with van der Waals surface area (Å²) in [6, 6.07) is 35.2. The van der Waals surface area contributed by atoms with Crippen LogP contribution in [0.1, 0.15) is 36.1 Å². The minimum atomic E-state index is -0.123. The van der Waals surface area contributed by atoms with Crippen molar-refractivity contribution in [3.63, 3.8) is 0 Å². The lowest BCUT2D eigenvalue weighted by molar-refractivity contribution is 0.359. The second-order valence-corrected chi connectivity index (χ2v) is 10.6. The Labute approximate surface area is 232 Å². The third-order valence-electron chi connectivity index (χ3n) is 7.75. The Morgan fingerprint density at radius 1 is 0.575 bits per heavy atom. The zero-order valence-corrected chi connectivity index (χ0v) is 22.1. The van der Waals surface area contributed by atoms with Crippen molar-refractivity contribution in [1.29, 1.82) is 10.8 Å². The first-order valence-corrected chi connectivity index (χ1v) is 13.2. The largest absolute Gasteiger partial charge is 0.450 e. The summed E-state index contributed by atoms with van der Waals surface area (Å²) in [7, 11) is 0. The van der Waals surface area contributed by atoms with Crippen molar-refractivity contribution in [2.45, 2.75) is 19.3 Å². The van der Waals surface area contributed by atoms with Gasteiger partial charge in [-0.1, -0.05) is 80.6 Å². The molecule has 1 aliphatic heterocycles. The number of ether oxygens (including phenoxy) is 3. The maximum absolute atomic E-state index is 8.63. The van der Waals surface area contributed by atoms with Crippen molar-refractivity contribution in [3.8, 4) is 45.3 Å². The van der Waals surface area contributed by atoms with E-state index in [1.165, 1.54) is 22.3 Å². The number of nitrogens with one attached hydrogen (secondary N) is 2. The fourth-order valence-electron chi connectivity index (χ4n) is 5.68. The van der Waals surface area contributed by atoms with E-state index in [0.717, 1.165) is 11.1 Å². The predicted molar refractivity (Wildman–Crippen MR) is 157 cm³/mol. The second kappa shape index (κ2) is 8.95. The van der Waals surface area contributed by atoms with Gasteiger partial charge in [0.25, 0.3) is 0 Å². The molecule has 0 atom stereocenters. The van der Waals surface area contributed by atoms with Gasteiger partial charge >= 0.3 is 0 Å². The molecule has 0 fully saturated rings. The summed E-state index contributed by atoms with van der Waals surface area (Å²) in [5.74, 6) is 2.46. The molecule has 0 aromatic heterocycles. The molecule has 1 aliphatic carbocycles. The van der Waals surface area contributed by atoms with Crippen LogP contribution < -0.4 is 9.47 Å². The van der Waals surface area contributed by atoms with E-state index in [1.807, 2.05) is 60.7 Å². The van der Waals surface area contributed by atoms with Crippen molar-refractivity contribution in [2.75, 3.05) is 0 Å². The number of rotatable bonds is 3. The van der Waals surface area contributed by atoms with Crippen LogP contribution in [0.25, 0.3) is 22.3 Å². The van der Waals surface area contributed by atoms with Gasteiger partial charge in [0, 0.05) is 16.5 Å². The standard InChI is InChI=1S/C35H26N2O3/c1-35(2)27-15-9-8-13-24(27)26-19-31-32(20-28(26)35)38-29-17-16-22(18-30(29)39-31)23-12-6-7-14-25(23)34(37)40-33(36)21-10-4-3-5-11-21/h3-20,36-37H,1-2H3. The molecule has 0 amide bonds. The first kappa shape index (κ1) is 23.9. The predicted octanol–water partition coefficient (Wildman–Crippen LogP) is 8.93. The molecule has 5 nitrogen and oxygen atoms in total. The van der Waals surface area contributed by atoms with Gasteiger partial charge < -0.3 is 14.2 Å². The lowest BCUT2D eigenvalue weighted by atomic mass is 9.82. The van der Waals surface area contributed by atoms with Crippen LogP contribution in [0, 0.1) is 10.8 Å². The van der Waals surface area contributed by atoms with Crippen LogP contribution in [-0.2, 0) is 10.2 Å². The van der Waals surface area contributed by atoms with Gasteiger partial charge in [-0.2, -0.15) is 0 Å². The minimum Gasteiger partial charge on any atom is -0.450 e. The van der Waals surface area contributed by atoms with Crippen molar-refractivity contribution in [2.24, 2.45) is 0 Å². The van der Waals surface area contributed by atoms with Crippen molar-refractivity contribution < 1.29 is 14.2 Å². The van der Waals surface area contributed by atoms with E-state index in [2.05, 4.69) is 50.2 Å². The molecule has 0 spiro atoms. The molecule has 2 aliphatic rings. The van der Waals surface area contributed by atoms with Crippen LogP contribution in [0.15, 0.2) is 109 Å². The monoisotopic (exact) mass is 522 g/mol. The molecule has 40 heavy (non-hydrogen) atoms. The smallest absolute Gasteiger partial charge is 0.221 e. The van der Waals surface area contributed by atoms with E-state index in [0.29, 0.717) is 34.1 Å². The zero-order valence-electron chi connectivity index (χ0n) is 22.1. The summed E-state index contributed by atoms with van der Waals surface area (Å²) in [4.78, 5) is 0. The first-order valence-electron chi connectivity index (χ1n) is 13.2. The molecule has 0 radical (unpaired) electrons. The van der Waals surface area contributed by atoms with Crippen LogP contribution in [-0.4, -0.2) is 11.8 Å². The summed E-state index contributed by atoms with van der Waals surface area (Å²) in [6.07, 6.45) is 0. The van der Waals surface area contributed by atoms with E-state index in [9.17, 15) is 0 Å². The molecular weight excluding hydrogens is 496 g/mol. The summed E-state index contributed by atoms with van der Waals surface area (Å²) in [6.45, 7) is 4.49. The number of hydrogen-bond donors (Lipinski definition) is 2. The molecular formula is C35H26N2O3. The van der Waals surface area contributed by atoms with Gasteiger partial charge in [0.2, 0.25) is 11.8 Å². The average Bonchev–Trinajstić information content (AvgIpc) is 3.20. The molecule has 194 valence electrons. The van der Waals surface area contributed by atoms with Gasteiger partial charge in [-0.3, -0.25) is 10.8 Å². The minimum absolute atomic E-state index is 0.0727. The highest BCUT2D eigenvalue weighted by Gasteiger charge is 2.37. The lowest BCUT2D eigenvalue weighted by Crippen LogP contribution is -2.15. The molecule has 2 N–H and O–H groups in total. The second-order valence-electron chi connectivity index (χ2n) is 10.6. The summed E-state index contributed by atoms with van der Waals surface area (Å²) in [5, 5.41) is 16.9. The highest BCUT2D eigenvalue weighted by molar-refractivity contribution is 6.07. The third-order valence-corrected chi connectivity index (χ3v) is 7.75. The topological polar surface area (TPSA) is 75.4 Å². The van der Waals surface area contributed by atoms with Crippen molar-refractivity contribution in [3.05, 3.63) is 131 Å². The summed E-state index contributed by atoms with van der Waals surface area (Å²) in [5.41, 5.74) is 7.64. The van der Waals surface area contributed by atoms with E-state index in [4.69, 9.17) is 25.0 Å². The third kappa shape index (κ3) is 3.78. The van der Waals surface area contributed by atoms with Crippen LogP contribution in [0.4, 0.5) is 0 Å². The Hall–Kier alpha value is -5.16. The first-order chi connectivity index (χ1) is 19.4. The summed E-state index contributed by atoms with van der Waals surface area (Å²) < 4.78 is 18.4.